The van der Waals surface area contributed by atoms with Crippen LogP contribution in [0.1, 0.15) is 27.7 Å². The Hall–Kier alpha value is -0.860. The Morgan fingerprint density at radius 3 is 2.24 bits per heavy atom. The summed E-state index contributed by atoms with van der Waals surface area (Å²) in [4.78, 5) is 4.30. The summed E-state index contributed by atoms with van der Waals surface area (Å²) in [6.45, 7) is 10.9. The first kappa shape index (κ1) is 18.2. The van der Waals surface area contributed by atoms with E-state index >= 15 is 0 Å². The molecule has 1 heterocycles. The summed E-state index contributed by atoms with van der Waals surface area (Å²) in [5.41, 5.74) is 5.24. The van der Waals surface area contributed by atoms with E-state index in [9.17, 15) is 8.42 Å². The van der Waals surface area contributed by atoms with Crippen LogP contribution in [0.3, 0.4) is 0 Å². The first-order chi connectivity index (χ1) is 9.61. The summed E-state index contributed by atoms with van der Waals surface area (Å²) in [5.74, 6) is 0.396. The minimum atomic E-state index is -2.98. The van der Waals surface area contributed by atoms with Gasteiger partial charge >= 0.3 is 0 Å². The van der Waals surface area contributed by atoms with Crippen molar-refractivity contribution < 1.29 is 13.6 Å². The number of piperazine rings is 1. The van der Waals surface area contributed by atoms with E-state index in [0.717, 1.165) is 26.2 Å². The van der Waals surface area contributed by atoms with Gasteiger partial charge in [0.2, 0.25) is 0 Å². The molecule has 0 aromatic carbocycles. The van der Waals surface area contributed by atoms with Crippen LogP contribution in [0.5, 0.6) is 0 Å². The standard InChI is InChI=1S/C13H28N4O3S/c1-11(2)21(19,20)10-9-16-5-7-17(8-6-16)13(3,4)12(14)15-18/h11,18H,5-10H2,1-4H3,(H2,14,15). The monoisotopic (exact) mass is 320 g/mol. The van der Waals surface area contributed by atoms with Crippen molar-refractivity contribution in [1.82, 2.24) is 9.80 Å². The van der Waals surface area contributed by atoms with Crippen molar-refractivity contribution >= 4 is 15.7 Å². The number of amidine groups is 1. The average Bonchev–Trinajstić information content (AvgIpc) is 2.44. The van der Waals surface area contributed by atoms with E-state index < -0.39 is 15.4 Å². The first-order valence-corrected chi connectivity index (χ1v) is 8.99. The van der Waals surface area contributed by atoms with Crippen LogP contribution in [-0.4, -0.2) is 78.5 Å². The number of hydrogen-bond donors (Lipinski definition) is 2. The van der Waals surface area contributed by atoms with Gasteiger partial charge in [0.1, 0.15) is 0 Å². The predicted octanol–water partition coefficient (Wildman–Crippen LogP) is -0.0478. The fourth-order valence-electron chi connectivity index (χ4n) is 2.31. The number of sulfone groups is 1. The molecule has 7 nitrogen and oxygen atoms in total. The van der Waals surface area contributed by atoms with Crippen molar-refractivity contribution in [3.05, 3.63) is 0 Å². The second-order valence-electron chi connectivity index (χ2n) is 6.29. The predicted molar refractivity (Wildman–Crippen MR) is 84.4 cm³/mol. The molecular formula is C13H28N4O3S. The van der Waals surface area contributed by atoms with Crippen molar-refractivity contribution in [2.75, 3.05) is 38.5 Å². The third-order valence-corrected chi connectivity index (χ3v) is 6.50. The van der Waals surface area contributed by atoms with Crippen molar-refractivity contribution in [2.24, 2.45) is 10.9 Å². The summed E-state index contributed by atoms with van der Waals surface area (Å²) < 4.78 is 23.7. The first-order valence-electron chi connectivity index (χ1n) is 7.28. The number of nitrogens with two attached hydrogens (primary N) is 1. The zero-order valence-corrected chi connectivity index (χ0v) is 14.2. The molecule has 8 heteroatoms. The largest absolute Gasteiger partial charge is 0.409 e. The molecule has 124 valence electrons. The van der Waals surface area contributed by atoms with Crippen LogP contribution in [0.15, 0.2) is 5.16 Å². The van der Waals surface area contributed by atoms with Gasteiger partial charge in [-0.1, -0.05) is 5.16 Å². The second-order valence-corrected chi connectivity index (χ2v) is 8.97. The molecule has 1 fully saturated rings. The molecule has 1 rings (SSSR count). The van der Waals surface area contributed by atoms with Crippen molar-refractivity contribution in [3.8, 4) is 0 Å². The highest BCUT2D eigenvalue weighted by atomic mass is 32.2. The number of oxime groups is 1. The van der Waals surface area contributed by atoms with E-state index in [1.807, 2.05) is 13.8 Å². The fourth-order valence-corrected chi connectivity index (χ4v) is 3.29. The van der Waals surface area contributed by atoms with E-state index in [1.54, 1.807) is 13.8 Å². The normalized spacial score (nSPS) is 20.1. The maximum absolute atomic E-state index is 11.8. The van der Waals surface area contributed by atoms with E-state index in [1.165, 1.54) is 0 Å². The lowest BCUT2D eigenvalue weighted by molar-refractivity contribution is 0.0865. The minimum absolute atomic E-state index is 0.193. The molecule has 0 aromatic rings. The molecule has 0 spiro atoms. The van der Waals surface area contributed by atoms with E-state index in [2.05, 4.69) is 15.0 Å². The smallest absolute Gasteiger partial charge is 0.159 e. The fraction of sp³-hybridized carbons (Fsp3) is 0.923. The van der Waals surface area contributed by atoms with Gasteiger partial charge in [0.05, 0.1) is 16.5 Å². The topological polar surface area (TPSA) is 99.2 Å². The van der Waals surface area contributed by atoms with Crippen molar-refractivity contribution in [3.63, 3.8) is 0 Å². The summed E-state index contributed by atoms with van der Waals surface area (Å²) >= 11 is 0. The zero-order valence-electron chi connectivity index (χ0n) is 13.4. The Morgan fingerprint density at radius 1 is 1.29 bits per heavy atom. The zero-order chi connectivity index (χ0) is 16.3. The summed E-state index contributed by atoms with van der Waals surface area (Å²) in [6.07, 6.45) is 0. The van der Waals surface area contributed by atoms with Crippen molar-refractivity contribution in [1.29, 1.82) is 0 Å². The lowest BCUT2D eigenvalue weighted by atomic mass is 10.0. The van der Waals surface area contributed by atoms with Crippen LogP contribution in [0.2, 0.25) is 0 Å². The van der Waals surface area contributed by atoms with Gasteiger partial charge in [-0.2, -0.15) is 0 Å². The van der Waals surface area contributed by atoms with E-state index in [0.29, 0.717) is 6.54 Å². The molecule has 0 radical (unpaired) electrons. The average molecular weight is 320 g/mol. The summed E-state index contributed by atoms with van der Waals surface area (Å²) in [5, 5.41) is 11.6. The molecular weight excluding hydrogens is 292 g/mol. The molecule has 0 amide bonds. The molecule has 1 saturated heterocycles. The molecule has 1 aliphatic rings. The molecule has 21 heavy (non-hydrogen) atoms. The van der Waals surface area contributed by atoms with Crippen LogP contribution < -0.4 is 5.73 Å². The van der Waals surface area contributed by atoms with Crippen molar-refractivity contribution in [2.45, 2.75) is 38.5 Å². The maximum Gasteiger partial charge on any atom is 0.159 e. The van der Waals surface area contributed by atoms with Gasteiger partial charge in [-0.25, -0.2) is 8.42 Å². The Morgan fingerprint density at radius 2 is 1.81 bits per heavy atom. The summed E-state index contributed by atoms with van der Waals surface area (Å²) in [7, 11) is -2.98. The van der Waals surface area contributed by atoms with Gasteiger partial charge in [0, 0.05) is 32.7 Å². The van der Waals surface area contributed by atoms with Crippen LogP contribution in [-0.2, 0) is 9.84 Å². The molecule has 0 atom stereocenters. The van der Waals surface area contributed by atoms with Crippen LogP contribution >= 0.6 is 0 Å². The molecule has 0 unspecified atom stereocenters. The van der Waals surface area contributed by atoms with Gasteiger partial charge in [-0.3, -0.25) is 9.80 Å². The molecule has 0 bridgehead atoms. The third-order valence-electron chi connectivity index (χ3n) is 4.31. The summed E-state index contributed by atoms with van der Waals surface area (Å²) in [6, 6.07) is 0. The molecule has 3 N–H and O–H groups in total. The Kier molecular flexibility index (Phi) is 6.01. The van der Waals surface area contributed by atoms with Crippen LogP contribution in [0, 0.1) is 0 Å². The highest BCUT2D eigenvalue weighted by Gasteiger charge is 2.33. The molecule has 0 aromatic heterocycles. The third kappa shape index (κ3) is 4.55. The second kappa shape index (κ2) is 6.93. The van der Waals surface area contributed by atoms with E-state index in [4.69, 9.17) is 10.9 Å². The minimum Gasteiger partial charge on any atom is -0.409 e. The Bertz CT molecular complexity index is 466. The SMILES string of the molecule is CC(C)S(=O)(=O)CCN1CCN(C(C)(C)C(N)=NO)CC1. The lowest BCUT2D eigenvalue weighted by Crippen LogP contribution is -2.60. The highest BCUT2D eigenvalue weighted by Crippen LogP contribution is 2.17. The number of rotatable bonds is 6. The Balaban J connectivity index is 2.50. The van der Waals surface area contributed by atoms with Gasteiger partial charge in [0.15, 0.2) is 15.7 Å². The highest BCUT2D eigenvalue weighted by molar-refractivity contribution is 7.92. The number of hydrogen-bond acceptors (Lipinski definition) is 6. The van der Waals surface area contributed by atoms with Gasteiger partial charge < -0.3 is 10.9 Å². The van der Waals surface area contributed by atoms with Crippen LogP contribution in [0.4, 0.5) is 0 Å². The molecule has 1 aliphatic heterocycles. The Labute approximate surface area is 127 Å². The number of nitrogens with zero attached hydrogens (tertiary/aromatic N) is 3. The molecule has 0 saturated carbocycles. The van der Waals surface area contributed by atoms with Crippen LogP contribution in [0.25, 0.3) is 0 Å². The van der Waals surface area contributed by atoms with Gasteiger partial charge in [0.25, 0.3) is 0 Å². The van der Waals surface area contributed by atoms with E-state index in [-0.39, 0.29) is 16.8 Å². The van der Waals surface area contributed by atoms with Gasteiger partial charge in [-0.05, 0) is 27.7 Å². The van der Waals surface area contributed by atoms with Gasteiger partial charge in [-0.15, -0.1) is 0 Å². The lowest BCUT2D eigenvalue weighted by Gasteiger charge is -2.43. The maximum atomic E-state index is 11.8. The molecule has 0 aliphatic carbocycles. The quantitative estimate of drug-likeness (QED) is 0.308.